The normalized spacial score (nSPS) is 20.3. The molecule has 0 aromatic heterocycles. The van der Waals surface area contributed by atoms with Crippen LogP contribution < -0.4 is 9.47 Å². The second-order valence-corrected chi connectivity index (χ2v) is 8.61. The third-order valence-corrected chi connectivity index (χ3v) is 6.63. The molecule has 1 saturated heterocycles. The number of phenols is 1. The van der Waals surface area contributed by atoms with Gasteiger partial charge in [-0.15, -0.1) is 0 Å². The number of rotatable bonds is 8. The quantitative estimate of drug-likeness (QED) is 0.477. The van der Waals surface area contributed by atoms with Gasteiger partial charge in [0.25, 0.3) is 0 Å². The molecule has 1 aliphatic carbocycles. The predicted molar refractivity (Wildman–Crippen MR) is 121 cm³/mol. The maximum Gasteiger partial charge on any atom is 0.329 e. The fourth-order valence-corrected chi connectivity index (χ4v) is 5.08. The highest BCUT2D eigenvalue weighted by molar-refractivity contribution is 5.89. The van der Waals surface area contributed by atoms with Crippen LogP contribution >= 0.6 is 0 Å². The van der Waals surface area contributed by atoms with E-state index < -0.39 is 12.0 Å². The van der Waals surface area contributed by atoms with E-state index in [-0.39, 0.29) is 35.9 Å². The molecule has 1 N–H and O–H groups in total. The van der Waals surface area contributed by atoms with Crippen LogP contribution in [0.4, 0.5) is 0 Å². The Bertz CT molecular complexity index is 817. The molecule has 1 aromatic rings. The van der Waals surface area contributed by atoms with E-state index in [1.54, 1.807) is 17.0 Å². The number of esters is 1. The van der Waals surface area contributed by atoms with Crippen molar-refractivity contribution in [1.29, 1.82) is 0 Å². The standard InChI is InChI=1S/C25H35NO6/c1-4-14-32-25(29)19-12-8-9-13-26(19)24(28)22(17-10-6-5-7-11-17)18-15-20(27)23(31-3)21(16-18)30-2/h4,15-17,19,22,27H,1,5-14H2,2-3H3/t19-,22-/m0/s1. The summed E-state index contributed by atoms with van der Waals surface area (Å²) in [4.78, 5) is 28.4. The summed E-state index contributed by atoms with van der Waals surface area (Å²) in [5, 5.41) is 10.6. The first-order valence-corrected chi connectivity index (χ1v) is 11.5. The molecule has 1 heterocycles. The molecule has 1 amide bonds. The van der Waals surface area contributed by atoms with Gasteiger partial charge in [0.2, 0.25) is 11.7 Å². The third kappa shape index (κ3) is 5.19. The van der Waals surface area contributed by atoms with Gasteiger partial charge < -0.3 is 24.2 Å². The Morgan fingerprint density at radius 3 is 2.50 bits per heavy atom. The maximum atomic E-state index is 14.0. The maximum absolute atomic E-state index is 14.0. The van der Waals surface area contributed by atoms with Crippen LogP contribution in [-0.4, -0.2) is 55.3 Å². The number of nitrogens with zero attached hydrogens (tertiary/aromatic N) is 1. The van der Waals surface area contributed by atoms with Gasteiger partial charge in [0, 0.05) is 6.54 Å². The molecule has 3 rings (SSSR count). The zero-order valence-corrected chi connectivity index (χ0v) is 19.2. The number of hydrogen-bond acceptors (Lipinski definition) is 6. The summed E-state index contributed by atoms with van der Waals surface area (Å²) in [5.41, 5.74) is 0.695. The van der Waals surface area contributed by atoms with Crippen molar-refractivity contribution in [3.8, 4) is 17.2 Å². The molecule has 0 unspecified atom stereocenters. The fourth-order valence-electron chi connectivity index (χ4n) is 5.08. The minimum absolute atomic E-state index is 0.0592. The number of amides is 1. The Balaban J connectivity index is 1.98. The lowest BCUT2D eigenvalue weighted by molar-refractivity contribution is -0.157. The minimum Gasteiger partial charge on any atom is -0.504 e. The summed E-state index contributed by atoms with van der Waals surface area (Å²) in [5.74, 6) is -0.212. The number of hydrogen-bond donors (Lipinski definition) is 1. The monoisotopic (exact) mass is 445 g/mol. The van der Waals surface area contributed by atoms with Crippen LogP contribution in [0.2, 0.25) is 0 Å². The molecule has 0 spiro atoms. The van der Waals surface area contributed by atoms with Crippen molar-refractivity contribution >= 4 is 11.9 Å². The van der Waals surface area contributed by atoms with Crippen molar-refractivity contribution in [3.63, 3.8) is 0 Å². The Hall–Kier alpha value is -2.70. The van der Waals surface area contributed by atoms with Crippen molar-refractivity contribution in [2.75, 3.05) is 27.4 Å². The van der Waals surface area contributed by atoms with Crippen LogP contribution in [0, 0.1) is 5.92 Å². The molecule has 0 bridgehead atoms. The summed E-state index contributed by atoms with van der Waals surface area (Å²) < 4.78 is 16.0. The highest BCUT2D eigenvalue weighted by Crippen LogP contribution is 2.44. The highest BCUT2D eigenvalue weighted by Gasteiger charge is 2.40. The van der Waals surface area contributed by atoms with Crippen molar-refractivity contribution in [3.05, 3.63) is 30.4 Å². The molecule has 176 valence electrons. The number of piperidine rings is 1. The minimum atomic E-state index is -0.587. The first kappa shape index (κ1) is 24.0. The zero-order valence-electron chi connectivity index (χ0n) is 19.2. The SMILES string of the molecule is C=CCOC(=O)[C@@H]1CCCCN1C(=O)[C@H](c1cc(O)c(OC)c(OC)c1)C1CCCCC1. The number of benzene rings is 1. The van der Waals surface area contributed by atoms with Gasteiger partial charge in [-0.3, -0.25) is 4.79 Å². The van der Waals surface area contributed by atoms with Gasteiger partial charge >= 0.3 is 5.97 Å². The second kappa shape index (κ2) is 11.2. The molecule has 2 fully saturated rings. The van der Waals surface area contributed by atoms with Gasteiger partial charge in [-0.05, 0) is 55.7 Å². The Morgan fingerprint density at radius 2 is 1.84 bits per heavy atom. The first-order valence-electron chi connectivity index (χ1n) is 11.5. The second-order valence-electron chi connectivity index (χ2n) is 8.61. The predicted octanol–water partition coefficient (Wildman–Crippen LogP) is 4.18. The Labute approximate surface area is 190 Å². The van der Waals surface area contributed by atoms with Gasteiger partial charge in [0.05, 0.1) is 20.1 Å². The number of aromatic hydroxyl groups is 1. The van der Waals surface area contributed by atoms with Crippen LogP contribution in [0.5, 0.6) is 17.2 Å². The summed E-state index contributed by atoms with van der Waals surface area (Å²) in [6.07, 6.45) is 9.02. The van der Waals surface area contributed by atoms with Crippen molar-refractivity contribution in [2.24, 2.45) is 5.92 Å². The largest absolute Gasteiger partial charge is 0.504 e. The van der Waals surface area contributed by atoms with Gasteiger partial charge in [-0.25, -0.2) is 4.79 Å². The molecule has 7 nitrogen and oxygen atoms in total. The highest BCUT2D eigenvalue weighted by atomic mass is 16.5. The molecule has 2 atom stereocenters. The van der Waals surface area contributed by atoms with Crippen LogP contribution in [0.15, 0.2) is 24.8 Å². The lowest BCUT2D eigenvalue weighted by Crippen LogP contribution is -2.51. The average Bonchev–Trinajstić information content (AvgIpc) is 2.82. The number of phenolic OH excluding ortho intramolecular Hbond substituents is 1. The van der Waals surface area contributed by atoms with Gasteiger partial charge in [0.1, 0.15) is 12.6 Å². The number of carbonyl (C=O) groups is 2. The molecule has 1 aromatic carbocycles. The molecule has 2 aliphatic rings. The van der Waals surface area contributed by atoms with Crippen LogP contribution in [0.25, 0.3) is 0 Å². The Kier molecular flexibility index (Phi) is 8.42. The van der Waals surface area contributed by atoms with E-state index >= 15 is 0 Å². The molecular weight excluding hydrogens is 410 g/mol. The first-order chi connectivity index (χ1) is 15.5. The number of methoxy groups -OCH3 is 2. The number of carbonyl (C=O) groups excluding carboxylic acids is 2. The zero-order chi connectivity index (χ0) is 23.1. The molecule has 1 aliphatic heterocycles. The smallest absolute Gasteiger partial charge is 0.329 e. The summed E-state index contributed by atoms with van der Waals surface area (Å²) in [6.45, 7) is 4.25. The lowest BCUT2D eigenvalue weighted by Gasteiger charge is -2.39. The van der Waals surface area contributed by atoms with Crippen molar-refractivity contribution in [2.45, 2.75) is 63.3 Å². The van der Waals surface area contributed by atoms with Crippen LogP contribution in [-0.2, 0) is 14.3 Å². The number of likely N-dealkylation sites (tertiary alicyclic amines) is 1. The van der Waals surface area contributed by atoms with Crippen LogP contribution in [0.3, 0.4) is 0 Å². The van der Waals surface area contributed by atoms with Gasteiger partial charge in [-0.2, -0.15) is 0 Å². The van der Waals surface area contributed by atoms with Gasteiger partial charge in [-0.1, -0.05) is 31.9 Å². The molecule has 1 saturated carbocycles. The van der Waals surface area contributed by atoms with E-state index in [1.807, 2.05) is 0 Å². The summed E-state index contributed by atoms with van der Waals surface area (Å²) in [6, 6.07) is 2.80. The van der Waals surface area contributed by atoms with E-state index in [1.165, 1.54) is 20.3 Å². The third-order valence-electron chi connectivity index (χ3n) is 6.63. The number of ether oxygens (including phenoxy) is 3. The van der Waals surface area contributed by atoms with Crippen molar-refractivity contribution < 1.29 is 28.9 Å². The van der Waals surface area contributed by atoms with E-state index in [2.05, 4.69) is 6.58 Å². The molecule has 0 radical (unpaired) electrons. The fraction of sp³-hybridized carbons (Fsp3) is 0.600. The van der Waals surface area contributed by atoms with Gasteiger partial charge in [0.15, 0.2) is 11.5 Å². The van der Waals surface area contributed by atoms with E-state index in [0.717, 1.165) is 44.9 Å². The average molecular weight is 446 g/mol. The molecule has 7 heteroatoms. The molecular formula is C25H35NO6. The summed E-state index contributed by atoms with van der Waals surface area (Å²) >= 11 is 0. The van der Waals surface area contributed by atoms with Crippen molar-refractivity contribution in [1.82, 2.24) is 4.90 Å². The van der Waals surface area contributed by atoms with Crippen LogP contribution in [0.1, 0.15) is 62.8 Å². The van der Waals surface area contributed by atoms with E-state index in [9.17, 15) is 14.7 Å². The summed E-state index contributed by atoms with van der Waals surface area (Å²) in [7, 11) is 2.98. The van der Waals surface area contributed by atoms with E-state index in [0.29, 0.717) is 24.3 Å². The topological polar surface area (TPSA) is 85.3 Å². The lowest BCUT2D eigenvalue weighted by atomic mass is 9.75. The molecule has 32 heavy (non-hydrogen) atoms. The van der Waals surface area contributed by atoms with E-state index in [4.69, 9.17) is 14.2 Å². The Morgan fingerprint density at radius 1 is 1.12 bits per heavy atom.